The Labute approximate surface area is 139 Å². The third-order valence-corrected chi connectivity index (χ3v) is 6.82. The summed E-state index contributed by atoms with van der Waals surface area (Å²) >= 11 is 0.104. The van der Waals surface area contributed by atoms with Crippen molar-refractivity contribution < 1.29 is 19.8 Å². The van der Waals surface area contributed by atoms with Crippen LogP contribution in [0.4, 0.5) is 0 Å². The monoisotopic (exact) mass is 406 g/mol. The number of carboxylic acids is 2. The van der Waals surface area contributed by atoms with Gasteiger partial charge in [-0.15, -0.1) is 0 Å². The molecule has 2 radical (unpaired) electrons. The van der Waals surface area contributed by atoms with Gasteiger partial charge in [0.1, 0.15) is 0 Å². The van der Waals surface area contributed by atoms with Crippen molar-refractivity contribution in [3.63, 3.8) is 0 Å². The Morgan fingerprint density at radius 2 is 1.14 bits per heavy atom. The van der Waals surface area contributed by atoms with Crippen molar-refractivity contribution in [2.45, 2.75) is 74.1 Å². The summed E-state index contributed by atoms with van der Waals surface area (Å²) in [5.74, 6) is -2.51. The Hall–Kier alpha value is -0.521. The van der Waals surface area contributed by atoms with Crippen LogP contribution in [0, 0.1) is 0 Å². The van der Waals surface area contributed by atoms with E-state index in [1.54, 1.807) is 21.7 Å². The quantitative estimate of drug-likeness (QED) is 0.287. The van der Waals surface area contributed by atoms with Gasteiger partial charge in [0.2, 0.25) is 0 Å². The number of hydrogen-bond donors (Lipinski definition) is 2. The van der Waals surface area contributed by atoms with Gasteiger partial charge in [-0.2, -0.15) is 0 Å². The molecule has 0 rings (SSSR count). The molecule has 2 N–H and O–H groups in total. The van der Waals surface area contributed by atoms with E-state index in [1.165, 1.54) is 38.5 Å². The van der Waals surface area contributed by atoms with E-state index in [0.717, 1.165) is 0 Å². The van der Waals surface area contributed by atoms with E-state index in [9.17, 15) is 9.59 Å². The third-order valence-electron chi connectivity index (χ3n) is 2.78. The van der Waals surface area contributed by atoms with Crippen LogP contribution in [0.3, 0.4) is 0 Å². The van der Waals surface area contributed by atoms with Crippen molar-refractivity contribution in [3.8, 4) is 0 Å². The Morgan fingerprint density at radius 1 is 0.762 bits per heavy atom. The van der Waals surface area contributed by atoms with Crippen LogP contribution in [0.2, 0.25) is 8.87 Å². The van der Waals surface area contributed by atoms with Crippen LogP contribution in [-0.2, 0) is 9.59 Å². The van der Waals surface area contributed by atoms with Crippen molar-refractivity contribution in [2.24, 2.45) is 0 Å². The van der Waals surface area contributed by atoms with E-state index in [4.69, 9.17) is 10.2 Å². The molecule has 0 aliphatic heterocycles. The van der Waals surface area contributed by atoms with Crippen LogP contribution < -0.4 is 0 Å². The summed E-state index contributed by atoms with van der Waals surface area (Å²) in [6.45, 7) is 4.59. The molecule has 0 saturated heterocycles. The SMILES string of the molecule is CCCCC[CH2][Sn][CH2]CCCCC.O=C(O)/C=C\C(=O)O. The van der Waals surface area contributed by atoms with E-state index >= 15 is 0 Å². The first kappa shape index (κ1) is 22.8. The fraction of sp³-hybridized carbons (Fsp3) is 0.750. The maximum Gasteiger partial charge on any atom is 0.328 e. The molecule has 0 atom stereocenters. The van der Waals surface area contributed by atoms with Crippen LogP contribution in [0.1, 0.15) is 65.2 Å². The average Bonchev–Trinajstić information content (AvgIpc) is 2.44. The van der Waals surface area contributed by atoms with Gasteiger partial charge in [-0.3, -0.25) is 0 Å². The normalized spacial score (nSPS) is 10.2. The fourth-order valence-corrected chi connectivity index (χ4v) is 5.19. The predicted molar refractivity (Wildman–Crippen MR) is 88.1 cm³/mol. The summed E-state index contributed by atoms with van der Waals surface area (Å²) in [4.78, 5) is 19.1. The molecule has 4 nitrogen and oxygen atoms in total. The predicted octanol–water partition coefficient (Wildman–Crippen LogP) is 4.40. The van der Waals surface area contributed by atoms with Gasteiger partial charge >= 0.3 is 107 Å². The second-order valence-corrected chi connectivity index (χ2v) is 9.16. The first-order valence-corrected chi connectivity index (χ1v) is 11.9. The zero-order valence-corrected chi connectivity index (χ0v) is 16.3. The molecule has 0 aromatic rings. The van der Waals surface area contributed by atoms with Gasteiger partial charge in [0.05, 0.1) is 0 Å². The van der Waals surface area contributed by atoms with Crippen LogP contribution in [0.5, 0.6) is 0 Å². The fourth-order valence-electron chi connectivity index (χ4n) is 1.62. The van der Waals surface area contributed by atoms with Gasteiger partial charge < -0.3 is 10.2 Å². The number of aliphatic carboxylic acids is 2. The minimum absolute atomic E-state index is 0.104. The number of rotatable bonds is 12. The zero-order valence-electron chi connectivity index (χ0n) is 13.4. The Balaban J connectivity index is 0. The molecule has 0 spiro atoms. The Bertz CT molecular complexity index is 251. The smallest absolute Gasteiger partial charge is 0.328 e. The van der Waals surface area contributed by atoms with Gasteiger partial charge in [0.15, 0.2) is 0 Å². The van der Waals surface area contributed by atoms with Crippen molar-refractivity contribution in [1.29, 1.82) is 0 Å². The van der Waals surface area contributed by atoms with Crippen molar-refractivity contribution in [1.82, 2.24) is 0 Å². The van der Waals surface area contributed by atoms with Gasteiger partial charge in [0, 0.05) is 12.2 Å². The van der Waals surface area contributed by atoms with E-state index in [1.807, 2.05) is 0 Å². The first-order chi connectivity index (χ1) is 10.0. The summed E-state index contributed by atoms with van der Waals surface area (Å²) in [5.41, 5.74) is 0. The molecular formula is C16H30O4Sn. The number of carbonyl (C=O) groups is 2. The number of carboxylic acid groups (broad SMARTS) is 2. The largest absolute Gasteiger partial charge is 0.478 e. The Kier molecular flexibility index (Phi) is 21.1. The molecule has 0 saturated carbocycles. The van der Waals surface area contributed by atoms with Crippen molar-refractivity contribution in [2.75, 3.05) is 0 Å². The van der Waals surface area contributed by atoms with E-state index in [0.29, 0.717) is 12.2 Å². The number of unbranched alkanes of at least 4 members (excludes halogenated alkanes) is 6. The van der Waals surface area contributed by atoms with E-state index < -0.39 is 11.9 Å². The maximum absolute atomic E-state index is 9.55. The zero-order chi connectivity index (χ0) is 16.3. The topological polar surface area (TPSA) is 74.6 Å². The molecule has 0 aromatic carbocycles. The summed E-state index contributed by atoms with van der Waals surface area (Å²) < 4.78 is 3.30. The molecule has 0 aromatic heterocycles. The number of hydrogen-bond acceptors (Lipinski definition) is 2. The Morgan fingerprint density at radius 3 is 1.43 bits per heavy atom. The average molecular weight is 405 g/mol. The molecule has 0 aliphatic rings. The standard InChI is InChI=1S/2C6H13.C4H4O4.Sn/c2*1-3-5-6-4-2;5-3(6)1-2-4(7)8;/h2*1,3-6H2,2H3;1-2H,(H,5,6)(H,7,8);/b;;2-1-;. The first-order valence-electron chi connectivity index (χ1n) is 7.89. The molecule has 122 valence electrons. The van der Waals surface area contributed by atoms with Crippen molar-refractivity contribution in [3.05, 3.63) is 12.2 Å². The maximum atomic E-state index is 9.55. The minimum Gasteiger partial charge on any atom is -0.478 e. The van der Waals surface area contributed by atoms with E-state index in [2.05, 4.69) is 13.8 Å². The molecule has 5 heteroatoms. The van der Waals surface area contributed by atoms with Gasteiger partial charge in [0.25, 0.3) is 0 Å². The molecule has 0 fully saturated rings. The molecule has 0 aliphatic carbocycles. The second kappa shape index (κ2) is 19.5. The van der Waals surface area contributed by atoms with E-state index in [-0.39, 0.29) is 21.1 Å². The van der Waals surface area contributed by atoms with Crippen LogP contribution in [-0.4, -0.2) is 43.3 Å². The molecule has 0 amide bonds. The van der Waals surface area contributed by atoms with Crippen LogP contribution >= 0.6 is 0 Å². The van der Waals surface area contributed by atoms with Gasteiger partial charge in [-0.1, -0.05) is 0 Å². The summed E-state index contributed by atoms with van der Waals surface area (Å²) in [7, 11) is 0. The van der Waals surface area contributed by atoms with Gasteiger partial charge in [-0.05, 0) is 0 Å². The molecular weight excluding hydrogens is 375 g/mol. The minimum atomic E-state index is -1.26. The second-order valence-electron chi connectivity index (χ2n) is 4.88. The van der Waals surface area contributed by atoms with Gasteiger partial charge in [-0.25, -0.2) is 9.59 Å². The molecule has 0 unspecified atom stereocenters. The van der Waals surface area contributed by atoms with Crippen LogP contribution in [0.25, 0.3) is 0 Å². The molecule has 21 heavy (non-hydrogen) atoms. The van der Waals surface area contributed by atoms with Crippen LogP contribution in [0.15, 0.2) is 12.2 Å². The third kappa shape index (κ3) is 28.4. The molecule has 0 heterocycles. The summed E-state index contributed by atoms with van der Waals surface area (Å²) in [6, 6.07) is 0. The van der Waals surface area contributed by atoms with Crippen molar-refractivity contribution >= 4 is 33.1 Å². The summed E-state index contributed by atoms with van der Waals surface area (Å²) in [5, 5.41) is 15.6. The summed E-state index contributed by atoms with van der Waals surface area (Å²) in [6.07, 6.45) is 12.9. The molecule has 0 bridgehead atoms.